The SMILES string of the molecule is C=C(C)CNC(=O)C(C)c1ccc(O[C@@H]2CCN(c3ncnc(OCC(C)(C)O)c3Cl)C2)cc1. The van der Waals surface area contributed by atoms with Crippen LogP contribution in [-0.4, -0.2) is 58.9 Å². The van der Waals surface area contributed by atoms with Crippen LogP contribution in [0.3, 0.4) is 0 Å². The molecule has 0 radical (unpaired) electrons. The Morgan fingerprint density at radius 3 is 2.71 bits per heavy atom. The van der Waals surface area contributed by atoms with Gasteiger partial charge in [-0.2, -0.15) is 0 Å². The fourth-order valence-corrected chi connectivity index (χ4v) is 3.77. The summed E-state index contributed by atoms with van der Waals surface area (Å²) in [4.78, 5) is 22.7. The monoisotopic (exact) mass is 488 g/mol. The smallest absolute Gasteiger partial charge is 0.238 e. The van der Waals surface area contributed by atoms with Crippen LogP contribution in [0.5, 0.6) is 11.6 Å². The van der Waals surface area contributed by atoms with Gasteiger partial charge in [0.25, 0.3) is 0 Å². The third-order valence-corrected chi connectivity index (χ3v) is 5.72. The van der Waals surface area contributed by atoms with Crippen LogP contribution in [0.2, 0.25) is 5.02 Å². The van der Waals surface area contributed by atoms with Crippen LogP contribution >= 0.6 is 11.6 Å². The zero-order valence-corrected chi connectivity index (χ0v) is 20.9. The van der Waals surface area contributed by atoms with Crippen LogP contribution in [0.4, 0.5) is 5.82 Å². The van der Waals surface area contributed by atoms with Gasteiger partial charge in [0.1, 0.15) is 29.8 Å². The van der Waals surface area contributed by atoms with Gasteiger partial charge >= 0.3 is 0 Å². The van der Waals surface area contributed by atoms with E-state index in [0.29, 0.717) is 23.9 Å². The van der Waals surface area contributed by atoms with Crippen molar-refractivity contribution in [3.63, 3.8) is 0 Å². The lowest BCUT2D eigenvalue weighted by atomic mass is 10.0. The minimum atomic E-state index is -0.997. The van der Waals surface area contributed by atoms with E-state index in [4.69, 9.17) is 21.1 Å². The molecule has 1 fully saturated rings. The molecule has 2 N–H and O–H groups in total. The number of carbonyl (C=O) groups is 1. The number of carbonyl (C=O) groups excluding carboxylic acids is 1. The second-order valence-corrected chi connectivity index (χ2v) is 9.74. The van der Waals surface area contributed by atoms with E-state index in [0.717, 1.165) is 29.9 Å². The van der Waals surface area contributed by atoms with Crippen molar-refractivity contribution < 1.29 is 19.4 Å². The Kier molecular flexibility index (Phi) is 8.38. The Hall–Kier alpha value is -2.84. The summed E-state index contributed by atoms with van der Waals surface area (Å²) in [5.41, 5.74) is 0.838. The summed E-state index contributed by atoms with van der Waals surface area (Å²) >= 11 is 6.49. The van der Waals surface area contributed by atoms with Crippen molar-refractivity contribution in [2.75, 3.05) is 31.1 Å². The van der Waals surface area contributed by atoms with Gasteiger partial charge in [0, 0.05) is 19.5 Å². The van der Waals surface area contributed by atoms with Gasteiger partial charge in [0.15, 0.2) is 5.82 Å². The molecule has 9 heteroatoms. The number of nitrogens with one attached hydrogen (secondary N) is 1. The third-order valence-electron chi connectivity index (χ3n) is 5.39. The molecule has 34 heavy (non-hydrogen) atoms. The lowest BCUT2D eigenvalue weighted by Gasteiger charge is -2.21. The van der Waals surface area contributed by atoms with Crippen molar-refractivity contribution in [3.8, 4) is 11.6 Å². The molecule has 1 aromatic carbocycles. The maximum atomic E-state index is 12.3. The number of aromatic nitrogens is 2. The second-order valence-electron chi connectivity index (χ2n) is 9.36. The van der Waals surface area contributed by atoms with E-state index >= 15 is 0 Å². The van der Waals surface area contributed by atoms with Gasteiger partial charge in [0.2, 0.25) is 11.8 Å². The van der Waals surface area contributed by atoms with Gasteiger partial charge in [-0.15, -0.1) is 0 Å². The minimum Gasteiger partial charge on any atom is -0.489 e. The first-order valence-electron chi connectivity index (χ1n) is 11.3. The number of nitrogens with zero attached hydrogens (tertiary/aromatic N) is 3. The number of benzene rings is 1. The summed E-state index contributed by atoms with van der Waals surface area (Å²) < 4.78 is 11.7. The Bertz CT molecular complexity index is 1010. The standard InChI is InChI=1S/C25H33ClN4O4/c1-16(2)12-27-23(31)17(3)18-6-8-19(9-7-18)34-20-10-11-30(13-20)22-21(26)24(29-15-28-22)33-14-25(4,5)32/h6-9,15,17,20,32H,1,10-14H2,2-5H3,(H,27,31)/t17?,20-/m1/s1. The van der Waals surface area contributed by atoms with Crippen molar-refractivity contribution in [1.29, 1.82) is 0 Å². The first kappa shape index (κ1) is 25.8. The molecule has 2 atom stereocenters. The zero-order valence-electron chi connectivity index (χ0n) is 20.2. The Morgan fingerprint density at radius 1 is 1.35 bits per heavy atom. The average molecular weight is 489 g/mol. The Morgan fingerprint density at radius 2 is 2.06 bits per heavy atom. The van der Waals surface area contributed by atoms with Crippen LogP contribution in [0.1, 0.15) is 45.6 Å². The molecule has 1 aliphatic heterocycles. The number of aliphatic hydroxyl groups is 1. The molecule has 3 rings (SSSR count). The fourth-order valence-electron chi connectivity index (χ4n) is 3.50. The van der Waals surface area contributed by atoms with Gasteiger partial charge < -0.3 is 24.8 Å². The molecular weight excluding hydrogens is 456 g/mol. The first-order chi connectivity index (χ1) is 16.0. The predicted octanol–water partition coefficient (Wildman–Crippen LogP) is 3.73. The molecule has 1 aromatic heterocycles. The number of amides is 1. The number of ether oxygens (including phenoxy) is 2. The van der Waals surface area contributed by atoms with Crippen LogP contribution in [-0.2, 0) is 4.79 Å². The van der Waals surface area contributed by atoms with Gasteiger partial charge in [-0.1, -0.05) is 35.9 Å². The lowest BCUT2D eigenvalue weighted by Crippen LogP contribution is -2.29. The van der Waals surface area contributed by atoms with Crippen molar-refractivity contribution in [2.24, 2.45) is 0 Å². The lowest BCUT2D eigenvalue weighted by molar-refractivity contribution is -0.122. The van der Waals surface area contributed by atoms with Crippen LogP contribution < -0.4 is 19.7 Å². The minimum absolute atomic E-state index is 0.0317. The summed E-state index contributed by atoms with van der Waals surface area (Å²) in [5.74, 6) is 1.28. The molecule has 1 unspecified atom stereocenters. The first-order valence-corrected chi connectivity index (χ1v) is 11.7. The van der Waals surface area contributed by atoms with Crippen LogP contribution in [0, 0.1) is 0 Å². The van der Waals surface area contributed by atoms with E-state index in [9.17, 15) is 9.90 Å². The molecule has 0 aliphatic carbocycles. The van der Waals surface area contributed by atoms with Gasteiger partial charge in [0.05, 0.1) is 18.1 Å². The van der Waals surface area contributed by atoms with Gasteiger partial charge in [-0.25, -0.2) is 9.97 Å². The Labute approximate surface area is 206 Å². The zero-order chi connectivity index (χ0) is 24.9. The molecule has 0 spiro atoms. The van der Waals surface area contributed by atoms with Crippen molar-refractivity contribution >= 4 is 23.3 Å². The van der Waals surface area contributed by atoms with E-state index in [1.54, 1.807) is 13.8 Å². The highest BCUT2D eigenvalue weighted by molar-refractivity contribution is 6.34. The summed E-state index contributed by atoms with van der Waals surface area (Å²) in [6.07, 6.45) is 2.18. The molecule has 2 heterocycles. The highest BCUT2D eigenvalue weighted by Crippen LogP contribution is 2.33. The quantitative estimate of drug-likeness (QED) is 0.492. The highest BCUT2D eigenvalue weighted by Gasteiger charge is 2.28. The van der Waals surface area contributed by atoms with Crippen molar-refractivity contribution in [2.45, 2.75) is 51.7 Å². The number of hydrogen-bond donors (Lipinski definition) is 2. The maximum absolute atomic E-state index is 12.3. The van der Waals surface area contributed by atoms with E-state index in [2.05, 4.69) is 21.9 Å². The maximum Gasteiger partial charge on any atom is 0.238 e. The molecule has 2 aromatic rings. The third kappa shape index (κ3) is 7.08. The normalized spacial score (nSPS) is 16.8. The van der Waals surface area contributed by atoms with E-state index in [-0.39, 0.29) is 30.4 Å². The van der Waals surface area contributed by atoms with E-state index < -0.39 is 5.60 Å². The van der Waals surface area contributed by atoms with Crippen molar-refractivity contribution in [3.05, 3.63) is 53.3 Å². The average Bonchev–Trinajstić information content (AvgIpc) is 3.24. The molecule has 8 nitrogen and oxygen atoms in total. The summed E-state index contributed by atoms with van der Waals surface area (Å²) in [6, 6.07) is 7.61. The molecule has 0 saturated carbocycles. The summed E-state index contributed by atoms with van der Waals surface area (Å²) in [7, 11) is 0. The van der Waals surface area contributed by atoms with Gasteiger partial charge in [-0.05, 0) is 45.4 Å². The van der Waals surface area contributed by atoms with E-state index in [1.165, 1.54) is 6.33 Å². The van der Waals surface area contributed by atoms with E-state index in [1.807, 2.05) is 43.0 Å². The number of hydrogen-bond acceptors (Lipinski definition) is 7. The molecule has 0 bridgehead atoms. The predicted molar refractivity (Wildman–Crippen MR) is 133 cm³/mol. The molecule has 184 valence electrons. The molecule has 1 aliphatic rings. The Balaban J connectivity index is 1.57. The highest BCUT2D eigenvalue weighted by atomic mass is 35.5. The number of halogens is 1. The van der Waals surface area contributed by atoms with Crippen molar-refractivity contribution in [1.82, 2.24) is 15.3 Å². The second kappa shape index (κ2) is 11.1. The summed E-state index contributed by atoms with van der Waals surface area (Å²) in [5, 5.41) is 13.1. The number of rotatable bonds is 10. The molecule has 1 saturated heterocycles. The number of anilines is 1. The van der Waals surface area contributed by atoms with Crippen LogP contribution in [0.25, 0.3) is 0 Å². The van der Waals surface area contributed by atoms with Gasteiger partial charge in [-0.3, -0.25) is 4.79 Å². The molecule has 1 amide bonds. The summed E-state index contributed by atoms with van der Waals surface area (Å²) in [6.45, 7) is 12.8. The van der Waals surface area contributed by atoms with Crippen LogP contribution in [0.15, 0.2) is 42.7 Å². The topological polar surface area (TPSA) is 96.8 Å². The largest absolute Gasteiger partial charge is 0.489 e. The molecular formula is C25H33ClN4O4. The fraction of sp³-hybridized carbons (Fsp3) is 0.480.